The van der Waals surface area contributed by atoms with Gasteiger partial charge in [-0.3, -0.25) is 9.69 Å². The molecule has 23 heavy (non-hydrogen) atoms. The van der Waals surface area contributed by atoms with Crippen molar-refractivity contribution in [1.29, 1.82) is 0 Å². The van der Waals surface area contributed by atoms with E-state index in [-0.39, 0.29) is 0 Å². The number of benzene rings is 1. The number of hydrogen-bond acceptors (Lipinski definition) is 5. The second-order valence-corrected chi connectivity index (χ2v) is 11.5. The monoisotopic (exact) mass is 339 g/mol. The van der Waals surface area contributed by atoms with Crippen LogP contribution < -0.4 is 5.19 Å². The van der Waals surface area contributed by atoms with Gasteiger partial charge >= 0.3 is 5.97 Å². The summed E-state index contributed by atoms with van der Waals surface area (Å²) in [4.78, 5) is 14.1. The van der Waals surface area contributed by atoms with Gasteiger partial charge in [0.2, 0.25) is 0 Å². The average molecular weight is 340 g/mol. The minimum atomic E-state index is -2.29. The molecule has 0 radical (unpaired) electrons. The van der Waals surface area contributed by atoms with E-state index in [1.165, 1.54) is 7.11 Å². The molecule has 0 fully saturated rings. The molecule has 2 N–H and O–H groups in total. The van der Waals surface area contributed by atoms with E-state index in [4.69, 9.17) is 4.74 Å². The third-order valence-electron chi connectivity index (χ3n) is 4.55. The molecule has 0 aliphatic heterocycles. The molecule has 130 valence electrons. The molecule has 0 saturated carbocycles. The maximum absolute atomic E-state index is 12.4. The SMILES string of the molecule is COC(=O)[C@H]([C@@H]([C@@H](O)[C@H](C)O)[Si](C)(C)c1ccccc1)N(C)C. The first kappa shape index (κ1) is 19.8. The van der Waals surface area contributed by atoms with Crippen LogP contribution in [0.15, 0.2) is 30.3 Å². The highest BCUT2D eigenvalue weighted by Crippen LogP contribution is 2.33. The molecular formula is C17H29NO4Si. The van der Waals surface area contributed by atoms with Gasteiger partial charge in [0.1, 0.15) is 6.04 Å². The number of aliphatic hydroxyl groups excluding tert-OH is 2. The highest BCUT2D eigenvalue weighted by molar-refractivity contribution is 6.91. The van der Waals surface area contributed by atoms with Crippen molar-refractivity contribution in [2.75, 3.05) is 21.2 Å². The van der Waals surface area contributed by atoms with E-state index in [2.05, 4.69) is 13.1 Å². The summed E-state index contributed by atoms with van der Waals surface area (Å²) in [5.41, 5.74) is -0.410. The minimum Gasteiger partial charge on any atom is -0.468 e. The van der Waals surface area contributed by atoms with Crippen molar-refractivity contribution in [3.8, 4) is 0 Å². The molecule has 1 rings (SSSR count). The van der Waals surface area contributed by atoms with Crippen LogP contribution >= 0.6 is 0 Å². The summed E-state index contributed by atoms with van der Waals surface area (Å²) < 4.78 is 4.96. The van der Waals surface area contributed by atoms with Crippen LogP contribution in [0.4, 0.5) is 0 Å². The third-order valence-corrected chi connectivity index (χ3v) is 8.70. The summed E-state index contributed by atoms with van der Waals surface area (Å²) in [5.74, 6) is -0.392. The number of rotatable bonds is 7. The topological polar surface area (TPSA) is 70.0 Å². The van der Waals surface area contributed by atoms with Gasteiger partial charge in [-0.1, -0.05) is 48.6 Å². The summed E-state index contributed by atoms with van der Waals surface area (Å²) in [6.07, 6.45) is -1.94. The van der Waals surface area contributed by atoms with E-state index >= 15 is 0 Å². The molecule has 1 aromatic rings. The van der Waals surface area contributed by atoms with E-state index in [0.29, 0.717) is 0 Å². The molecule has 0 bridgehead atoms. The fraction of sp³-hybridized carbons (Fsp3) is 0.588. The molecule has 0 amide bonds. The lowest BCUT2D eigenvalue weighted by Crippen LogP contribution is -2.60. The molecule has 0 saturated heterocycles. The molecule has 4 atom stereocenters. The Morgan fingerprint density at radius 2 is 1.70 bits per heavy atom. The Hall–Kier alpha value is -1.21. The Balaban J connectivity index is 3.42. The van der Waals surface area contributed by atoms with Gasteiger partial charge in [-0.2, -0.15) is 0 Å². The van der Waals surface area contributed by atoms with Crippen molar-refractivity contribution >= 4 is 19.2 Å². The molecule has 0 heterocycles. The van der Waals surface area contributed by atoms with Gasteiger partial charge in [-0.15, -0.1) is 0 Å². The predicted octanol–water partition coefficient (Wildman–Crippen LogP) is 0.817. The number of hydrogen-bond donors (Lipinski definition) is 2. The van der Waals surface area contributed by atoms with Gasteiger partial charge in [-0.25, -0.2) is 0 Å². The van der Waals surface area contributed by atoms with Crippen LogP contribution in [0.5, 0.6) is 0 Å². The fourth-order valence-corrected chi connectivity index (χ4v) is 6.96. The van der Waals surface area contributed by atoms with Crippen LogP contribution in [-0.2, 0) is 9.53 Å². The molecular weight excluding hydrogens is 310 g/mol. The molecule has 0 aliphatic carbocycles. The van der Waals surface area contributed by atoms with E-state index in [1.54, 1.807) is 25.9 Å². The van der Waals surface area contributed by atoms with Crippen molar-refractivity contribution in [2.24, 2.45) is 0 Å². The summed E-state index contributed by atoms with van der Waals surface area (Å²) in [6.45, 7) is 5.77. The van der Waals surface area contributed by atoms with Crippen molar-refractivity contribution in [1.82, 2.24) is 4.90 Å². The number of likely N-dealkylation sites (N-methyl/N-ethyl adjacent to an activating group) is 1. The van der Waals surface area contributed by atoms with Crippen LogP contribution in [0.1, 0.15) is 6.92 Å². The third kappa shape index (κ3) is 4.41. The first-order valence-corrected chi connectivity index (χ1v) is 10.9. The number of nitrogens with zero attached hydrogens (tertiary/aromatic N) is 1. The Labute approximate surface area is 139 Å². The van der Waals surface area contributed by atoms with Crippen LogP contribution in [0.2, 0.25) is 18.6 Å². The Morgan fingerprint density at radius 3 is 2.09 bits per heavy atom. The Morgan fingerprint density at radius 1 is 1.17 bits per heavy atom. The number of ether oxygens (including phenoxy) is 1. The number of esters is 1. The summed E-state index contributed by atoms with van der Waals surface area (Å²) in [5, 5.41) is 21.8. The molecule has 0 aliphatic rings. The van der Waals surface area contributed by atoms with Crippen molar-refractivity contribution in [2.45, 2.75) is 43.8 Å². The lowest BCUT2D eigenvalue weighted by atomic mass is 10.0. The van der Waals surface area contributed by atoms with E-state index in [1.807, 2.05) is 30.3 Å². The second-order valence-electron chi connectivity index (χ2n) is 6.78. The molecule has 0 unspecified atom stereocenters. The lowest BCUT2D eigenvalue weighted by Gasteiger charge is -2.43. The smallest absolute Gasteiger partial charge is 0.323 e. The Kier molecular flexibility index (Phi) is 6.95. The van der Waals surface area contributed by atoms with Gasteiger partial charge in [0, 0.05) is 5.54 Å². The largest absolute Gasteiger partial charge is 0.468 e. The molecule has 6 heteroatoms. The normalized spacial score (nSPS) is 17.4. The number of carbonyl (C=O) groups excluding carboxylic acids is 1. The quantitative estimate of drug-likeness (QED) is 0.568. The van der Waals surface area contributed by atoms with Crippen molar-refractivity contribution in [3.63, 3.8) is 0 Å². The lowest BCUT2D eigenvalue weighted by molar-refractivity contribution is -0.147. The summed E-state index contributed by atoms with van der Waals surface area (Å²) >= 11 is 0. The first-order chi connectivity index (χ1) is 10.6. The van der Waals surface area contributed by atoms with Crippen LogP contribution in [-0.4, -0.2) is 68.6 Å². The van der Waals surface area contributed by atoms with E-state index in [0.717, 1.165) is 5.19 Å². The highest BCUT2D eigenvalue weighted by atomic mass is 28.3. The maximum atomic E-state index is 12.4. The zero-order valence-electron chi connectivity index (χ0n) is 14.9. The average Bonchev–Trinajstić information content (AvgIpc) is 2.51. The van der Waals surface area contributed by atoms with E-state index in [9.17, 15) is 15.0 Å². The molecule has 0 spiro atoms. The van der Waals surface area contributed by atoms with Crippen LogP contribution in [0.25, 0.3) is 0 Å². The summed E-state index contributed by atoms with van der Waals surface area (Å²) in [7, 11) is 2.64. The summed E-state index contributed by atoms with van der Waals surface area (Å²) in [6, 6.07) is 9.29. The van der Waals surface area contributed by atoms with Crippen LogP contribution in [0, 0.1) is 0 Å². The van der Waals surface area contributed by atoms with Gasteiger partial charge in [0.15, 0.2) is 0 Å². The number of aliphatic hydroxyl groups is 2. The van der Waals surface area contributed by atoms with Crippen molar-refractivity contribution < 1.29 is 19.7 Å². The molecule has 1 aromatic carbocycles. The molecule has 0 aromatic heterocycles. The van der Waals surface area contributed by atoms with E-state index < -0.39 is 37.8 Å². The number of carbonyl (C=O) groups is 1. The maximum Gasteiger partial charge on any atom is 0.323 e. The standard InChI is InChI=1S/C17H29NO4Si/c1-12(19)15(20)16(14(18(2)3)17(21)22-4)23(5,6)13-10-8-7-9-11-13/h7-12,14-16,19-20H,1-6H3/t12-,14-,15-,16-/m0/s1. The van der Waals surface area contributed by atoms with Gasteiger partial charge in [0.25, 0.3) is 0 Å². The Bertz CT molecular complexity index is 505. The first-order valence-electron chi connectivity index (χ1n) is 7.80. The van der Waals surface area contributed by atoms with Crippen molar-refractivity contribution in [3.05, 3.63) is 30.3 Å². The zero-order valence-corrected chi connectivity index (χ0v) is 15.9. The zero-order chi connectivity index (χ0) is 17.8. The fourth-order valence-electron chi connectivity index (χ4n) is 3.17. The minimum absolute atomic E-state index is 0.392. The van der Waals surface area contributed by atoms with Gasteiger partial charge in [0.05, 0.1) is 27.4 Å². The highest BCUT2D eigenvalue weighted by Gasteiger charge is 2.48. The van der Waals surface area contributed by atoms with Crippen LogP contribution in [0.3, 0.4) is 0 Å². The van der Waals surface area contributed by atoms with Gasteiger partial charge in [-0.05, 0) is 21.0 Å². The second kappa shape index (κ2) is 8.05. The predicted molar refractivity (Wildman–Crippen MR) is 94.5 cm³/mol. The van der Waals surface area contributed by atoms with Gasteiger partial charge < -0.3 is 14.9 Å². The molecule has 5 nitrogen and oxygen atoms in total. The number of methoxy groups -OCH3 is 1.